The molecule has 8 bridgehead atoms. The second-order valence-corrected chi connectivity index (χ2v) is 13.8. The predicted octanol–water partition coefficient (Wildman–Crippen LogP) is 11.7. The molecule has 4 aromatic carbocycles. The standard InChI is InChI=1S/C49H36N6O/c1-4-10-32(11-5-1)46-37-20-22-39(52-37)47(33-12-6-2-7-13-33)41-24-26-43(54-41)49(35-16-18-36(19-17-35)56-31-28-45-50-29-30-51-45)44-27-25-42(55-44)48(34-14-8-3-9-15-34)40-23-21-38(46)53-40/h1-27,29-30,52,55H,28,31H2,(H,50,51). The molecule has 0 atom stereocenters. The highest BCUT2D eigenvalue weighted by Crippen LogP contribution is 2.38. The quantitative estimate of drug-likeness (QED) is 0.145. The van der Waals surface area contributed by atoms with E-state index in [4.69, 9.17) is 14.7 Å². The van der Waals surface area contributed by atoms with Crippen molar-refractivity contribution < 1.29 is 4.74 Å². The average Bonchev–Trinajstić information content (AvgIpc) is 4.11. The summed E-state index contributed by atoms with van der Waals surface area (Å²) in [6.45, 7) is 0.524. The van der Waals surface area contributed by atoms with Crippen LogP contribution in [0.15, 0.2) is 152 Å². The molecule has 6 heterocycles. The SMILES string of the molecule is C1=Cc2nc1c(-c1ccccc1)c1ccc([nH]1)c(-c1ccccc1)c1nc(c(-c3ccc(OCCc4ncc[nH]4)cc3)c3ccc([nH]3)c2-c2ccccc2)C=C1. The number of nitrogens with zero attached hydrogens (tertiary/aromatic N) is 3. The van der Waals surface area contributed by atoms with Crippen LogP contribution in [0.1, 0.15) is 28.6 Å². The molecular weight excluding hydrogens is 689 g/mol. The molecule has 0 unspecified atom stereocenters. The van der Waals surface area contributed by atoms with Crippen molar-refractivity contribution >= 4 is 46.4 Å². The first-order chi connectivity index (χ1) is 27.7. The molecule has 2 aliphatic rings. The smallest absolute Gasteiger partial charge is 0.119 e. The third-order valence-corrected chi connectivity index (χ3v) is 10.2. The Labute approximate surface area is 323 Å². The molecule has 7 nitrogen and oxygen atoms in total. The number of benzene rings is 4. The van der Waals surface area contributed by atoms with Crippen molar-refractivity contribution in [2.24, 2.45) is 0 Å². The maximum atomic E-state index is 6.12. The number of ether oxygens (including phenoxy) is 1. The van der Waals surface area contributed by atoms with Gasteiger partial charge in [0.2, 0.25) is 0 Å². The number of rotatable bonds is 8. The molecule has 3 N–H and O–H groups in total. The lowest BCUT2D eigenvalue weighted by Gasteiger charge is -2.08. The zero-order valence-corrected chi connectivity index (χ0v) is 30.4. The number of hydrogen-bond donors (Lipinski definition) is 3. The molecule has 0 radical (unpaired) electrons. The van der Waals surface area contributed by atoms with Gasteiger partial charge in [-0.25, -0.2) is 15.0 Å². The highest BCUT2D eigenvalue weighted by atomic mass is 16.5. The largest absolute Gasteiger partial charge is 0.493 e. The van der Waals surface area contributed by atoms with Crippen molar-refractivity contribution in [3.05, 3.63) is 181 Å². The van der Waals surface area contributed by atoms with Crippen LogP contribution in [0.3, 0.4) is 0 Å². The van der Waals surface area contributed by atoms with Crippen molar-refractivity contribution in [3.63, 3.8) is 0 Å². The Bertz CT molecular complexity index is 2870. The summed E-state index contributed by atoms with van der Waals surface area (Å²) in [7, 11) is 0. The van der Waals surface area contributed by atoms with Gasteiger partial charge < -0.3 is 19.7 Å². The van der Waals surface area contributed by atoms with Crippen LogP contribution in [0, 0.1) is 0 Å². The van der Waals surface area contributed by atoms with Crippen LogP contribution in [0.4, 0.5) is 0 Å². The van der Waals surface area contributed by atoms with Gasteiger partial charge in [0.15, 0.2) is 0 Å². The first-order valence-corrected chi connectivity index (χ1v) is 18.8. The van der Waals surface area contributed by atoms with Gasteiger partial charge in [0.25, 0.3) is 0 Å². The average molecular weight is 725 g/mol. The first kappa shape index (κ1) is 33.1. The summed E-state index contributed by atoms with van der Waals surface area (Å²) in [5.41, 5.74) is 15.7. The van der Waals surface area contributed by atoms with E-state index in [2.05, 4.69) is 153 Å². The Morgan fingerprint density at radius 1 is 0.429 bits per heavy atom. The van der Waals surface area contributed by atoms with Gasteiger partial charge in [0.1, 0.15) is 11.6 Å². The highest BCUT2D eigenvalue weighted by molar-refractivity contribution is 5.99. The zero-order valence-electron chi connectivity index (χ0n) is 30.4. The Kier molecular flexibility index (Phi) is 8.50. The zero-order chi connectivity index (χ0) is 37.3. The summed E-state index contributed by atoms with van der Waals surface area (Å²) in [6.07, 6.45) is 12.8. The maximum absolute atomic E-state index is 6.12. The van der Waals surface area contributed by atoms with Gasteiger partial charge in [-0.2, -0.15) is 0 Å². The fourth-order valence-corrected chi connectivity index (χ4v) is 7.65. The van der Waals surface area contributed by atoms with E-state index in [0.29, 0.717) is 13.0 Å². The third-order valence-electron chi connectivity index (χ3n) is 10.2. The molecule has 0 saturated heterocycles. The summed E-state index contributed by atoms with van der Waals surface area (Å²) in [4.78, 5) is 25.9. The number of nitrogens with one attached hydrogen (secondary N) is 3. The molecule has 2 aliphatic heterocycles. The molecule has 56 heavy (non-hydrogen) atoms. The Balaban J connectivity index is 1.25. The van der Waals surface area contributed by atoms with Crippen LogP contribution in [-0.2, 0) is 6.42 Å². The summed E-state index contributed by atoms with van der Waals surface area (Å²) < 4.78 is 6.12. The number of aromatic amines is 3. The summed E-state index contributed by atoms with van der Waals surface area (Å²) in [5, 5.41) is 0. The van der Waals surface area contributed by atoms with E-state index in [-0.39, 0.29) is 0 Å². The number of aromatic nitrogens is 6. The second-order valence-electron chi connectivity index (χ2n) is 13.8. The van der Waals surface area contributed by atoms with Gasteiger partial charge in [0.05, 0.1) is 29.4 Å². The van der Waals surface area contributed by atoms with Crippen molar-refractivity contribution in [2.75, 3.05) is 6.61 Å². The van der Waals surface area contributed by atoms with E-state index >= 15 is 0 Å². The van der Waals surface area contributed by atoms with Crippen LogP contribution in [-0.4, -0.2) is 36.5 Å². The normalized spacial score (nSPS) is 11.9. The van der Waals surface area contributed by atoms with Crippen molar-refractivity contribution in [1.29, 1.82) is 0 Å². The Morgan fingerprint density at radius 2 is 0.821 bits per heavy atom. The Morgan fingerprint density at radius 3 is 1.20 bits per heavy atom. The van der Waals surface area contributed by atoms with Crippen molar-refractivity contribution in [1.82, 2.24) is 29.9 Å². The summed E-state index contributed by atoms with van der Waals surface area (Å²) in [5.74, 6) is 1.70. The number of imidazole rings is 1. The molecule has 0 amide bonds. The van der Waals surface area contributed by atoms with Crippen molar-refractivity contribution in [3.8, 4) is 50.3 Å². The van der Waals surface area contributed by atoms with Gasteiger partial charge in [0, 0.05) is 63.1 Å². The minimum atomic E-state index is 0.524. The van der Waals surface area contributed by atoms with E-state index in [1.165, 1.54) is 0 Å². The van der Waals surface area contributed by atoms with Crippen LogP contribution in [0.25, 0.3) is 90.9 Å². The second kappa shape index (κ2) is 14.4. The molecule has 268 valence electrons. The molecule has 0 saturated carbocycles. The topological polar surface area (TPSA) is 95.3 Å². The number of fused-ring (bicyclic) bond motifs is 8. The van der Waals surface area contributed by atoms with E-state index < -0.39 is 0 Å². The molecule has 0 aliphatic carbocycles. The third kappa shape index (κ3) is 6.31. The van der Waals surface area contributed by atoms with Crippen LogP contribution in [0.5, 0.6) is 5.75 Å². The predicted molar refractivity (Wildman–Crippen MR) is 228 cm³/mol. The molecule has 4 aromatic heterocycles. The maximum Gasteiger partial charge on any atom is 0.119 e. The highest BCUT2D eigenvalue weighted by Gasteiger charge is 2.19. The molecule has 8 aromatic rings. The molecular formula is C49H36N6O. The lowest BCUT2D eigenvalue weighted by molar-refractivity contribution is 0.319. The monoisotopic (exact) mass is 724 g/mol. The minimum absolute atomic E-state index is 0.524. The van der Waals surface area contributed by atoms with E-state index in [1.54, 1.807) is 6.20 Å². The molecule has 0 spiro atoms. The van der Waals surface area contributed by atoms with Crippen LogP contribution >= 0.6 is 0 Å². The number of H-pyrrole nitrogens is 3. The molecule has 10 rings (SSSR count). The van der Waals surface area contributed by atoms with Gasteiger partial charge in [-0.3, -0.25) is 0 Å². The van der Waals surface area contributed by atoms with Gasteiger partial charge in [-0.1, -0.05) is 103 Å². The van der Waals surface area contributed by atoms with Crippen molar-refractivity contribution in [2.45, 2.75) is 6.42 Å². The molecule has 0 fully saturated rings. The fourth-order valence-electron chi connectivity index (χ4n) is 7.65. The molecule has 7 heteroatoms. The lowest BCUT2D eigenvalue weighted by atomic mass is 10.0. The summed E-state index contributed by atoms with van der Waals surface area (Å²) in [6, 6.07) is 48.3. The van der Waals surface area contributed by atoms with Gasteiger partial charge >= 0.3 is 0 Å². The van der Waals surface area contributed by atoms with E-state index in [0.717, 1.165) is 101 Å². The fraction of sp³-hybridized carbons (Fsp3) is 0.0408. The number of hydrogen-bond acceptors (Lipinski definition) is 4. The minimum Gasteiger partial charge on any atom is -0.493 e. The van der Waals surface area contributed by atoms with Crippen LogP contribution < -0.4 is 4.74 Å². The Hall–Kier alpha value is -7.51. The van der Waals surface area contributed by atoms with Gasteiger partial charge in [-0.05, 0) is 83.0 Å². The summed E-state index contributed by atoms with van der Waals surface area (Å²) >= 11 is 0. The van der Waals surface area contributed by atoms with E-state index in [1.807, 2.05) is 36.5 Å². The lowest BCUT2D eigenvalue weighted by Crippen LogP contribution is -2.02. The van der Waals surface area contributed by atoms with Gasteiger partial charge in [-0.15, -0.1) is 0 Å². The first-order valence-electron chi connectivity index (χ1n) is 18.8. The van der Waals surface area contributed by atoms with Crippen LogP contribution in [0.2, 0.25) is 0 Å². The van der Waals surface area contributed by atoms with E-state index in [9.17, 15) is 0 Å².